The van der Waals surface area contributed by atoms with Crippen molar-refractivity contribution in [2.75, 3.05) is 5.32 Å². The number of nitrogens with one attached hydrogen (secondary N) is 1. The third-order valence-corrected chi connectivity index (χ3v) is 2.52. The van der Waals surface area contributed by atoms with E-state index in [2.05, 4.69) is 5.32 Å². The number of rotatable bonds is 2. The predicted octanol–water partition coefficient (Wildman–Crippen LogP) is 3.66. The number of carbonyl (C=O) groups excluding carboxylic acids is 1. The van der Waals surface area contributed by atoms with Crippen LogP contribution in [0, 0.1) is 24.4 Å². The molecule has 0 fully saturated rings. The highest BCUT2D eigenvalue weighted by molar-refractivity contribution is 6.04. The van der Waals surface area contributed by atoms with Gasteiger partial charge in [0.15, 0.2) is 17.5 Å². The Balaban J connectivity index is 2.24. The molecule has 0 saturated carbocycles. The van der Waals surface area contributed by atoms with Crippen molar-refractivity contribution in [2.24, 2.45) is 0 Å². The molecule has 1 N–H and O–H groups in total. The molecule has 0 unspecified atom stereocenters. The van der Waals surface area contributed by atoms with E-state index in [-0.39, 0.29) is 5.69 Å². The van der Waals surface area contributed by atoms with Crippen LogP contribution in [0.25, 0.3) is 0 Å². The first kappa shape index (κ1) is 13.1. The first-order valence-electron chi connectivity index (χ1n) is 5.50. The number of aryl methyl sites for hydroxylation is 1. The Kier molecular flexibility index (Phi) is 3.55. The number of anilines is 1. The third-order valence-electron chi connectivity index (χ3n) is 2.52. The highest BCUT2D eigenvalue weighted by atomic mass is 19.2. The topological polar surface area (TPSA) is 29.1 Å². The zero-order chi connectivity index (χ0) is 14.0. The molecule has 0 radical (unpaired) electrons. The molecule has 98 valence electrons. The lowest BCUT2D eigenvalue weighted by Crippen LogP contribution is -2.12. The standard InChI is InChI=1S/C14H10F3NO/c1-8-3-2-4-9(5-8)14(19)18-10-6-11(15)13(17)12(16)7-10/h2-7H,1H3,(H,18,19). The van der Waals surface area contributed by atoms with Crippen LogP contribution in [-0.4, -0.2) is 5.91 Å². The summed E-state index contributed by atoms with van der Waals surface area (Å²) in [5.74, 6) is -4.78. The monoisotopic (exact) mass is 265 g/mol. The molecule has 19 heavy (non-hydrogen) atoms. The van der Waals surface area contributed by atoms with Crippen LogP contribution in [0.4, 0.5) is 18.9 Å². The minimum Gasteiger partial charge on any atom is -0.322 e. The van der Waals surface area contributed by atoms with Gasteiger partial charge in [0, 0.05) is 23.4 Å². The van der Waals surface area contributed by atoms with Gasteiger partial charge in [0.2, 0.25) is 0 Å². The second kappa shape index (κ2) is 5.14. The number of benzene rings is 2. The number of hydrogen-bond acceptors (Lipinski definition) is 1. The Morgan fingerprint density at radius 1 is 1.05 bits per heavy atom. The molecule has 0 aromatic heterocycles. The average molecular weight is 265 g/mol. The summed E-state index contributed by atoms with van der Waals surface area (Å²) < 4.78 is 38.7. The van der Waals surface area contributed by atoms with Crippen LogP contribution < -0.4 is 5.32 Å². The lowest BCUT2D eigenvalue weighted by Gasteiger charge is -2.07. The van der Waals surface area contributed by atoms with Crippen LogP contribution in [0.2, 0.25) is 0 Å². The van der Waals surface area contributed by atoms with E-state index in [0.29, 0.717) is 5.56 Å². The van der Waals surface area contributed by atoms with Gasteiger partial charge in [-0.15, -0.1) is 0 Å². The van der Waals surface area contributed by atoms with Crippen LogP contribution in [-0.2, 0) is 0 Å². The van der Waals surface area contributed by atoms with Crippen LogP contribution in [0.3, 0.4) is 0 Å². The summed E-state index contributed by atoms with van der Waals surface area (Å²) in [4.78, 5) is 11.8. The van der Waals surface area contributed by atoms with Gasteiger partial charge in [-0.3, -0.25) is 4.79 Å². The summed E-state index contributed by atoms with van der Waals surface area (Å²) in [5, 5.41) is 2.31. The Morgan fingerprint density at radius 2 is 1.68 bits per heavy atom. The van der Waals surface area contributed by atoms with E-state index in [9.17, 15) is 18.0 Å². The number of halogens is 3. The summed E-state index contributed by atoms with van der Waals surface area (Å²) in [6.45, 7) is 1.81. The Hall–Kier alpha value is -2.30. The molecule has 2 nitrogen and oxygen atoms in total. The van der Waals surface area contributed by atoms with Crippen LogP contribution in [0.15, 0.2) is 36.4 Å². The van der Waals surface area contributed by atoms with Gasteiger partial charge in [-0.25, -0.2) is 13.2 Å². The SMILES string of the molecule is Cc1cccc(C(=O)Nc2cc(F)c(F)c(F)c2)c1. The van der Waals surface area contributed by atoms with Crippen molar-refractivity contribution in [1.82, 2.24) is 0 Å². The van der Waals surface area contributed by atoms with Gasteiger partial charge in [-0.05, 0) is 19.1 Å². The van der Waals surface area contributed by atoms with Crippen molar-refractivity contribution >= 4 is 11.6 Å². The summed E-state index contributed by atoms with van der Waals surface area (Å²) in [7, 11) is 0. The molecule has 0 aliphatic carbocycles. The van der Waals surface area contributed by atoms with E-state index in [1.807, 2.05) is 13.0 Å². The first-order valence-corrected chi connectivity index (χ1v) is 5.50. The highest BCUT2D eigenvalue weighted by Gasteiger charge is 2.13. The summed E-state index contributed by atoms with van der Waals surface area (Å²) in [6, 6.07) is 8.16. The summed E-state index contributed by atoms with van der Waals surface area (Å²) in [6.07, 6.45) is 0. The lowest BCUT2D eigenvalue weighted by molar-refractivity contribution is 0.102. The van der Waals surface area contributed by atoms with Gasteiger partial charge in [0.05, 0.1) is 0 Å². The normalized spacial score (nSPS) is 10.3. The van der Waals surface area contributed by atoms with Gasteiger partial charge >= 0.3 is 0 Å². The molecule has 0 bridgehead atoms. The summed E-state index contributed by atoms with van der Waals surface area (Å²) in [5.41, 5.74) is 1.09. The molecule has 0 saturated heterocycles. The van der Waals surface area contributed by atoms with Crippen molar-refractivity contribution in [3.8, 4) is 0 Å². The highest BCUT2D eigenvalue weighted by Crippen LogP contribution is 2.18. The van der Waals surface area contributed by atoms with Crippen molar-refractivity contribution in [3.05, 3.63) is 65.0 Å². The average Bonchev–Trinajstić information content (AvgIpc) is 2.36. The molecule has 5 heteroatoms. The van der Waals surface area contributed by atoms with E-state index < -0.39 is 23.4 Å². The van der Waals surface area contributed by atoms with Crippen molar-refractivity contribution < 1.29 is 18.0 Å². The van der Waals surface area contributed by atoms with E-state index in [1.165, 1.54) is 0 Å². The van der Waals surface area contributed by atoms with E-state index in [4.69, 9.17) is 0 Å². The maximum atomic E-state index is 13.0. The lowest BCUT2D eigenvalue weighted by atomic mass is 10.1. The minimum absolute atomic E-state index is 0.136. The van der Waals surface area contributed by atoms with Gasteiger partial charge in [0.25, 0.3) is 5.91 Å². The molecule has 2 aromatic rings. The number of hydrogen-bond donors (Lipinski definition) is 1. The fraction of sp³-hybridized carbons (Fsp3) is 0.0714. The second-order valence-electron chi connectivity index (χ2n) is 4.08. The molecule has 0 heterocycles. The van der Waals surface area contributed by atoms with Gasteiger partial charge in [-0.2, -0.15) is 0 Å². The first-order chi connectivity index (χ1) is 8.97. The van der Waals surface area contributed by atoms with Crippen LogP contribution in [0.5, 0.6) is 0 Å². The van der Waals surface area contributed by atoms with Gasteiger partial charge < -0.3 is 5.32 Å². The van der Waals surface area contributed by atoms with E-state index in [0.717, 1.165) is 17.7 Å². The number of carbonyl (C=O) groups is 1. The quantitative estimate of drug-likeness (QED) is 0.825. The smallest absolute Gasteiger partial charge is 0.255 e. The van der Waals surface area contributed by atoms with E-state index >= 15 is 0 Å². The maximum Gasteiger partial charge on any atom is 0.255 e. The molecule has 0 aliphatic rings. The van der Waals surface area contributed by atoms with Crippen LogP contribution >= 0.6 is 0 Å². The molecular formula is C14H10F3NO. The van der Waals surface area contributed by atoms with Gasteiger partial charge in [-0.1, -0.05) is 17.7 Å². The summed E-state index contributed by atoms with van der Waals surface area (Å²) >= 11 is 0. The van der Waals surface area contributed by atoms with Crippen LogP contribution in [0.1, 0.15) is 15.9 Å². The molecule has 2 rings (SSSR count). The Morgan fingerprint density at radius 3 is 2.26 bits per heavy atom. The number of amides is 1. The zero-order valence-corrected chi connectivity index (χ0v) is 10.0. The Bertz CT molecular complexity index is 617. The largest absolute Gasteiger partial charge is 0.322 e. The molecular weight excluding hydrogens is 255 g/mol. The zero-order valence-electron chi connectivity index (χ0n) is 10.0. The second-order valence-corrected chi connectivity index (χ2v) is 4.08. The minimum atomic E-state index is -1.56. The molecule has 1 amide bonds. The molecule has 0 spiro atoms. The van der Waals surface area contributed by atoms with Gasteiger partial charge in [0.1, 0.15) is 0 Å². The van der Waals surface area contributed by atoms with Crippen molar-refractivity contribution in [3.63, 3.8) is 0 Å². The molecule has 0 atom stereocenters. The maximum absolute atomic E-state index is 13.0. The fourth-order valence-corrected chi connectivity index (χ4v) is 1.62. The predicted molar refractivity (Wildman–Crippen MR) is 65.4 cm³/mol. The third kappa shape index (κ3) is 2.93. The molecule has 0 aliphatic heterocycles. The van der Waals surface area contributed by atoms with E-state index in [1.54, 1.807) is 18.2 Å². The van der Waals surface area contributed by atoms with Crippen molar-refractivity contribution in [1.29, 1.82) is 0 Å². The fourth-order valence-electron chi connectivity index (χ4n) is 1.62. The van der Waals surface area contributed by atoms with Crippen molar-refractivity contribution in [2.45, 2.75) is 6.92 Å². The molecule has 2 aromatic carbocycles. The Labute approximate surface area is 107 Å².